The molecule has 1 aromatic carbocycles. The molecule has 5 heteroatoms. The molecule has 1 heterocycles. The van der Waals surface area contributed by atoms with E-state index in [1.54, 1.807) is 12.1 Å². The van der Waals surface area contributed by atoms with Crippen molar-refractivity contribution in [2.24, 2.45) is 0 Å². The van der Waals surface area contributed by atoms with E-state index in [1.807, 2.05) is 19.9 Å². The summed E-state index contributed by atoms with van der Waals surface area (Å²) in [5.74, 6) is 0.922. The summed E-state index contributed by atoms with van der Waals surface area (Å²) in [6.45, 7) is 4.39. The fourth-order valence-electron chi connectivity index (χ4n) is 1.73. The van der Waals surface area contributed by atoms with Crippen LogP contribution in [0.5, 0.6) is 5.88 Å². The van der Waals surface area contributed by atoms with Crippen molar-refractivity contribution in [3.05, 3.63) is 48.0 Å². The van der Waals surface area contributed by atoms with Gasteiger partial charge in [-0.3, -0.25) is 0 Å². The summed E-state index contributed by atoms with van der Waals surface area (Å²) in [5, 5.41) is 3.19. The number of nitrogens with one attached hydrogen (secondary N) is 1. The van der Waals surface area contributed by atoms with Crippen molar-refractivity contribution in [2.75, 3.05) is 11.9 Å². The average molecular weight is 261 g/mol. The van der Waals surface area contributed by atoms with Crippen LogP contribution in [0.3, 0.4) is 0 Å². The third kappa shape index (κ3) is 3.64. The first-order valence-corrected chi connectivity index (χ1v) is 6.16. The third-order valence-electron chi connectivity index (χ3n) is 2.65. The highest BCUT2D eigenvalue weighted by Gasteiger charge is 2.07. The van der Waals surface area contributed by atoms with Gasteiger partial charge in [0, 0.05) is 6.07 Å². The molecule has 1 unspecified atom stereocenters. The molecule has 2 aromatic rings. The van der Waals surface area contributed by atoms with Crippen molar-refractivity contribution in [1.29, 1.82) is 0 Å². The van der Waals surface area contributed by atoms with Gasteiger partial charge in [-0.05, 0) is 31.5 Å². The fraction of sp³-hybridized carbons (Fsp3) is 0.286. The van der Waals surface area contributed by atoms with E-state index in [0.29, 0.717) is 18.3 Å². The van der Waals surface area contributed by atoms with Gasteiger partial charge in [0.15, 0.2) is 0 Å². The van der Waals surface area contributed by atoms with Crippen LogP contribution in [0, 0.1) is 5.82 Å². The minimum absolute atomic E-state index is 0.0555. The normalized spacial score (nSPS) is 11.9. The van der Waals surface area contributed by atoms with E-state index in [9.17, 15) is 4.39 Å². The van der Waals surface area contributed by atoms with Crippen LogP contribution in [-0.4, -0.2) is 16.6 Å². The topological polar surface area (TPSA) is 47.0 Å². The minimum Gasteiger partial charge on any atom is -0.478 e. The van der Waals surface area contributed by atoms with Gasteiger partial charge < -0.3 is 10.1 Å². The molecule has 0 bridgehead atoms. The van der Waals surface area contributed by atoms with E-state index in [1.165, 1.54) is 18.5 Å². The van der Waals surface area contributed by atoms with Gasteiger partial charge in [-0.25, -0.2) is 14.4 Å². The molecule has 1 atom stereocenters. The quantitative estimate of drug-likeness (QED) is 0.898. The van der Waals surface area contributed by atoms with Crippen molar-refractivity contribution in [2.45, 2.75) is 19.9 Å². The number of nitrogens with zero attached hydrogens (tertiary/aromatic N) is 2. The van der Waals surface area contributed by atoms with E-state index < -0.39 is 0 Å². The van der Waals surface area contributed by atoms with Crippen LogP contribution in [0.4, 0.5) is 10.2 Å². The molecule has 0 saturated heterocycles. The van der Waals surface area contributed by atoms with Gasteiger partial charge >= 0.3 is 0 Å². The Kier molecular flexibility index (Phi) is 4.28. The zero-order valence-corrected chi connectivity index (χ0v) is 10.9. The fourth-order valence-corrected chi connectivity index (χ4v) is 1.73. The highest BCUT2D eigenvalue weighted by molar-refractivity contribution is 5.40. The average Bonchev–Trinajstić information content (AvgIpc) is 2.39. The van der Waals surface area contributed by atoms with Gasteiger partial charge in [-0.1, -0.05) is 12.1 Å². The maximum absolute atomic E-state index is 13.2. The summed E-state index contributed by atoms with van der Waals surface area (Å²) >= 11 is 0. The number of hydrogen-bond donors (Lipinski definition) is 1. The molecule has 100 valence electrons. The smallest absolute Gasteiger partial charge is 0.218 e. The van der Waals surface area contributed by atoms with E-state index >= 15 is 0 Å². The van der Waals surface area contributed by atoms with E-state index in [0.717, 1.165) is 5.56 Å². The summed E-state index contributed by atoms with van der Waals surface area (Å²) in [6.07, 6.45) is 1.44. The minimum atomic E-state index is -0.246. The van der Waals surface area contributed by atoms with Crippen molar-refractivity contribution >= 4 is 5.82 Å². The summed E-state index contributed by atoms with van der Waals surface area (Å²) in [6, 6.07) is 8.15. The number of aromatic nitrogens is 2. The first kappa shape index (κ1) is 13.3. The van der Waals surface area contributed by atoms with E-state index in [2.05, 4.69) is 15.3 Å². The van der Waals surface area contributed by atoms with Gasteiger partial charge in [0.1, 0.15) is 18.0 Å². The molecule has 0 aliphatic carbocycles. The van der Waals surface area contributed by atoms with Gasteiger partial charge in [-0.2, -0.15) is 0 Å². The highest BCUT2D eigenvalue weighted by Crippen LogP contribution is 2.20. The number of anilines is 1. The number of halogens is 1. The third-order valence-corrected chi connectivity index (χ3v) is 2.65. The standard InChI is InChI=1S/C14H16FN3O/c1-3-19-14-8-13(16-9-17-14)18-10(2)11-5-4-6-12(15)7-11/h4-10H,3H2,1-2H3,(H,16,17,18). The molecule has 1 N–H and O–H groups in total. The lowest BCUT2D eigenvalue weighted by molar-refractivity contribution is 0.326. The number of ether oxygens (including phenoxy) is 1. The maximum Gasteiger partial charge on any atom is 0.218 e. The largest absolute Gasteiger partial charge is 0.478 e. The molecule has 1 aromatic heterocycles. The Morgan fingerprint density at radius 2 is 2.16 bits per heavy atom. The number of rotatable bonds is 5. The zero-order valence-electron chi connectivity index (χ0n) is 10.9. The summed E-state index contributed by atoms with van der Waals surface area (Å²) in [7, 11) is 0. The Bertz CT molecular complexity index is 548. The molecular formula is C14H16FN3O. The molecule has 0 radical (unpaired) electrons. The van der Waals surface area contributed by atoms with Gasteiger partial charge in [0.2, 0.25) is 5.88 Å². The Morgan fingerprint density at radius 3 is 2.89 bits per heavy atom. The second kappa shape index (κ2) is 6.13. The van der Waals surface area contributed by atoms with Crippen LogP contribution in [0.2, 0.25) is 0 Å². The Morgan fingerprint density at radius 1 is 1.32 bits per heavy atom. The maximum atomic E-state index is 13.2. The summed E-state index contributed by atoms with van der Waals surface area (Å²) < 4.78 is 18.5. The van der Waals surface area contributed by atoms with Crippen molar-refractivity contribution in [1.82, 2.24) is 9.97 Å². The zero-order chi connectivity index (χ0) is 13.7. The first-order valence-electron chi connectivity index (χ1n) is 6.16. The van der Waals surface area contributed by atoms with Crippen molar-refractivity contribution in [3.8, 4) is 5.88 Å². The van der Waals surface area contributed by atoms with Crippen molar-refractivity contribution in [3.63, 3.8) is 0 Å². The SMILES string of the molecule is CCOc1cc(NC(C)c2cccc(F)c2)ncn1. The van der Waals surface area contributed by atoms with Crippen LogP contribution >= 0.6 is 0 Å². The van der Waals surface area contributed by atoms with Gasteiger partial charge in [0.25, 0.3) is 0 Å². The molecule has 0 aliphatic rings. The van der Waals surface area contributed by atoms with E-state index in [4.69, 9.17) is 4.74 Å². The predicted octanol–water partition coefficient (Wildman–Crippen LogP) is 3.19. The predicted molar refractivity (Wildman–Crippen MR) is 71.6 cm³/mol. The van der Waals surface area contributed by atoms with Crippen LogP contribution in [0.15, 0.2) is 36.7 Å². The van der Waals surface area contributed by atoms with Crippen LogP contribution < -0.4 is 10.1 Å². The molecule has 4 nitrogen and oxygen atoms in total. The molecule has 19 heavy (non-hydrogen) atoms. The van der Waals surface area contributed by atoms with Crippen molar-refractivity contribution < 1.29 is 9.13 Å². The number of benzene rings is 1. The van der Waals surface area contributed by atoms with Gasteiger partial charge in [-0.15, -0.1) is 0 Å². The van der Waals surface area contributed by atoms with Crippen LogP contribution in [0.25, 0.3) is 0 Å². The Hall–Kier alpha value is -2.17. The Labute approximate surface area is 111 Å². The lowest BCUT2D eigenvalue weighted by Gasteiger charge is -2.15. The van der Waals surface area contributed by atoms with Crippen LogP contribution in [-0.2, 0) is 0 Å². The summed E-state index contributed by atoms with van der Waals surface area (Å²) in [5.41, 5.74) is 0.858. The van der Waals surface area contributed by atoms with Crippen LogP contribution in [0.1, 0.15) is 25.5 Å². The lowest BCUT2D eigenvalue weighted by Crippen LogP contribution is -2.08. The Balaban J connectivity index is 2.10. The molecule has 0 amide bonds. The van der Waals surface area contributed by atoms with Gasteiger partial charge in [0.05, 0.1) is 12.6 Å². The van der Waals surface area contributed by atoms with E-state index in [-0.39, 0.29) is 11.9 Å². The second-order valence-corrected chi connectivity index (χ2v) is 4.10. The lowest BCUT2D eigenvalue weighted by atomic mass is 10.1. The molecule has 0 saturated carbocycles. The number of hydrogen-bond acceptors (Lipinski definition) is 4. The molecule has 0 aliphatic heterocycles. The molecule has 0 fully saturated rings. The molecule has 0 spiro atoms. The summed E-state index contributed by atoms with van der Waals surface area (Å²) in [4.78, 5) is 8.10. The molecule has 2 rings (SSSR count). The molecular weight excluding hydrogens is 245 g/mol. The highest BCUT2D eigenvalue weighted by atomic mass is 19.1. The monoisotopic (exact) mass is 261 g/mol. The first-order chi connectivity index (χ1) is 9.19. The second-order valence-electron chi connectivity index (χ2n) is 4.10.